The number of rotatable bonds is 6. The van der Waals surface area contributed by atoms with Gasteiger partial charge < -0.3 is 25.2 Å². The van der Waals surface area contributed by atoms with Gasteiger partial charge in [0.25, 0.3) is 0 Å². The minimum absolute atomic E-state index is 0.0712. The molecule has 0 amide bonds. The summed E-state index contributed by atoms with van der Waals surface area (Å²) in [6, 6.07) is 5.89. The van der Waals surface area contributed by atoms with Crippen LogP contribution in [0.15, 0.2) is 44.2 Å². The Morgan fingerprint density at radius 1 is 1.29 bits per heavy atom. The summed E-state index contributed by atoms with van der Waals surface area (Å²) in [6.07, 6.45) is 0. The third-order valence-corrected chi connectivity index (χ3v) is 4.34. The van der Waals surface area contributed by atoms with Crippen molar-refractivity contribution in [3.8, 4) is 0 Å². The first-order valence-electron chi connectivity index (χ1n) is 8.28. The third kappa shape index (κ3) is 4.74. The summed E-state index contributed by atoms with van der Waals surface area (Å²) in [6.45, 7) is 1.98. The Bertz CT molecular complexity index is 909. The Hall–Kier alpha value is -3.21. The molecule has 3 N–H and O–H groups in total. The van der Waals surface area contributed by atoms with Crippen molar-refractivity contribution in [3.63, 3.8) is 0 Å². The molecular formula is C16H17ClFN7O3. The molecular weight excluding hydrogens is 393 g/mol. The van der Waals surface area contributed by atoms with E-state index in [0.29, 0.717) is 42.7 Å². The van der Waals surface area contributed by atoms with E-state index in [-0.39, 0.29) is 17.4 Å². The second kappa shape index (κ2) is 8.65. The lowest BCUT2D eigenvalue weighted by Gasteiger charge is -2.36. The van der Waals surface area contributed by atoms with Crippen molar-refractivity contribution in [1.29, 1.82) is 0 Å². The standard InChI is InChI=1S/C16H17ClFN7O3/c17-11-2-1-10(18)7-12(11)24-3-5-25(6-4-24)14-8-13(28-22-14)16(19)21-23-20-9-15(26)27/h1-2,7-8H,3-6,9H2,(H,26,27)(H2,19,20,21). The summed E-state index contributed by atoms with van der Waals surface area (Å²) in [7, 11) is 0. The average Bonchev–Trinajstić information content (AvgIpc) is 3.17. The van der Waals surface area contributed by atoms with Crippen molar-refractivity contribution in [2.45, 2.75) is 0 Å². The second-order valence-electron chi connectivity index (χ2n) is 5.89. The highest BCUT2D eigenvalue weighted by atomic mass is 35.5. The van der Waals surface area contributed by atoms with Gasteiger partial charge >= 0.3 is 5.97 Å². The first-order chi connectivity index (χ1) is 13.4. The van der Waals surface area contributed by atoms with E-state index in [0.717, 1.165) is 0 Å². The number of carboxylic acids is 1. The van der Waals surface area contributed by atoms with E-state index in [1.807, 2.05) is 9.80 Å². The number of aliphatic carboxylic acids is 1. The lowest BCUT2D eigenvalue weighted by atomic mass is 10.2. The summed E-state index contributed by atoms with van der Waals surface area (Å²) in [4.78, 5) is 14.3. The van der Waals surface area contributed by atoms with Crippen molar-refractivity contribution in [1.82, 2.24) is 5.16 Å². The average molecular weight is 410 g/mol. The first kappa shape index (κ1) is 19.5. The molecule has 0 spiro atoms. The molecule has 0 saturated carbocycles. The van der Waals surface area contributed by atoms with Crippen LogP contribution in [0.3, 0.4) is 0 Å². The number of aromatic nitrogens is 1. The van der Waals surface area contributed by atoms with E-state index >= 15 is 0 Å². The van der Waals surface area contributed by atoms with E-state index in [4.69, 9.17) is 27.0 Å². The molecule has 3 rings (SSSR count). The predicted molar refractivity (Wildman–Crippen MR) is 100 cm³/mol. The van der Waals surface area contributed by atoms with Crippen LogP contribution in [0.1, 0.15) is 5.76 Å². The molecule has 10 nitrogen and oxygen atoms in total. The summed E-state index contributed by atoms with van der Waals surface area (Å²) >= 11 is 6.17. The van der Waals surface area contributed by atoms with Gasteiger partial charge in [-0.1, -0.05) is 16.8 Å². The SMILES string of the molecule is N/C(=N\N=NCC(=O)O)c1cc(N2CCN(c3cc(F)ccc3Cl)CC2)no1. The number of carbonyl (C=O) groups is 1. The number of piperazine rings is 1. The number of benzene rings is 1. The molecule has 0 aliphatic carbocycles. The number of anilines is 2. The third-order valence-electron chi connectivity index (χ3n) is 4.02. The Kier molecular flexibility index (Phi) is 6.04. The van der Waals surface area contributed by atoms with Gasteiger partial charge in [-0.25, -0.2) is 4.39 Å². The minimum atomic E-state index is -1.13. The van der Waals surface area contributed by atoms with E-state index in [1.54, 1.807) is 12.1 Å². The molecule has 2 aromatic rings. The van der Waals surface area contributed by atoms with Crippen LogP contribution in [0.5, 0.6) is 0 Å². The first-order valence-corrected chi connectivity index (χ1v) is 8.65. The van der Waals surface area contributed by atoms with Crippen LogP contribution in [0.2, 0.25) is 5.02 Å². The molecule has 0 radical (unpaired) electrons. The van der Waals surface area contributed by atoms with Crippen molar-refractivity contribution in [3.05, 3.63) is 40.9 Å². The number of nitrogens with zero attached hydrogens (tertiary/aromatic N) is 6. The predicted octanol–water partition coefficient (Wildman–Crippen LogP) is 1.95. The highest BCUT2D eigenvalue weighted by Gasteiger charge is 2.22. The van der Waals surface area contributed by atoms with Gasteiger partial charge in [-0.15, -0.1) is 5.10 Å². The zero-order chi connectivity index (χ0) is 20.1. The molecule has 148 valence electrons. The highest BCUT2D eigenvalue weighted by Crippen LogP contribution is 2.28. The molecule has 0 bridgehead atoms. The maximum Gasteiger partial charge on any atom is 0.327 e. The fourth-order valence-corrected chi connectivity index (χ4v) is 2.90. The zero-order valence-electron chi connectivity index (χ0n) is 14.6. The van der Waals surface area contributed by atoms with Gasteiger partial charge in [-0.05, 0) is 23.4 Å². The Morgan fingerprint density at radius 2 is 2.00 bits per heavy atom. The largest absolute Gasteiger partial charge is 0.480 e. The van der Waals surface area contributed by atoms with Crippen LogP contribution in [-0.4, -0.2) is 54.8 Å². The van der Waals surface area contributed by atoms with Gasteiger partial charge in [0.15, 0.2) is 18.2 Å². The Morgan fingerprint density at radius 3 is 2.71 bits per heavy atom. The molecule has 0 atom stereocenters. The van der Waals surface area contributed by atoms with E-state index in [2.05, 4.69) is 20.6 Å². The van der Waals surface area contributed by atoms with Crippen LogP contribution in [0, 0.1) is 5.82 Å². The molecule has 1 aliphatic heterocycles. The van der Waals surface area contributed by atoms with Crippen LogP contribution in [0.25, 0.3) is 0 Å². The molecule has 1 saturated heterocycles. The van der Waals surface area contributed by atoms with Crippen LogP contribution >= 0.6 is 11.6 Å². The molecule has 2 heterocycles. The monoisotopic (exact) mass is 409 g/mol. The lowest BCUT2D eigenvalue weighted by Crippen LogP contribution is -2.46. The molecule has 0 unspecified atom stereocenters. The van der Waals surface area contributed by atoms with E-state index in [1.165, 1.54) is 12.1 Å². The normalized spacial score (nSPS) is 15.4. The fraction of sp³-hybridized carbons (Fsp3) is 0.312. The molecule has 1 aromatic carbocycles. The molecule has 12 heteroatoms. The molecule has 1 fully saturated rings. The number of hydrogen-bond donors (Lipinski definition) is 2. The molecule has 28 heavy (non-hydrogen) atoms. The quantitative estimate of drug-likeness (QED) is 0.322. The number of nitrogens with two attached hydrogens (primary N) is 1. The van der Waals surface area contributed by atoms with Crippen LogP contribution in [0.4, 0.5) is 15.9 Å². The zero-order valence-corrected chi connectivity index (χ0v) is 15.4. The number of halogens is 2. The van der Waals surface area contributed by atoms with Crippen molar-refractivity contribution in [2.24, 2.45) is 21.2 Å². The highest BCUT2D eigenvalue weighted by molar-refractivity contribution is 6.33. The van der Waals surface area contributed by atoms with Crippen molar-refractivity contribution in [2.75, 3.05) is 42.5 Å². The number of carboxylic acid groups (broad SMARTS) is 1. The van der Waals surface area contributed by atoms with Crippen LogP contribution < -0.4 is 15.5 Å². The Balaban J connectivity index is 1.61. The lowest BCUT2D eigenvalue weighted by molar-refractivity contribution is -0.135. The number of hydrogen-bond acceptors (Lipinski definition) is 7. The van der Waals surface area contributed by atoms with Gasteiger partial charge in [-0.3, -0.25) is 4.79 Å². The smallest absolute Gasteiger partial charge is 0.327 e. The Labute approximate surface area is 164 Å². The maximum atomic E-state index is 13.5. The van der Waals surface area contributed by atoms with Gasteiger partial charge in [0.05, 0.1) is 10.7 Å². The summed E-state index contributed by atoms with van der Waals surface area (Å²) in [5.41, 5.74) is 6.38. The van der Waals surface area contributed by atoms with Crippen molar-refractivity contribution < 1.29 is 18.8 Å². The van der Waals surface area contributed by atoms with Gasteiger partial charge in [0, 0.05) is 32.2 Å². The van der Waals surface area contributed by atoms with Crippen LogP contribution in [-0.2, 0) is 4.79 Å². The minimum Gasteiger partial charge on any atom is -0.480 e. The topological polar surface area (TPSA) is 133 Å². The number of amidine groups is 1. The molecule has 1 aliphatic rings. The van der Waals surface area contributed by atoms with Gasteiger partial charge in [0.2, 0.25) is 5.76 Å². The summed E-state index contributed by atoms with van der Waals surface area (Å²) in [5.74, 6) is -0.769. The van der Waals surface area contributed by atoms with Crippen molar-refractivity contribution >= 4 is 34.9 Å². The maximum absolute atomic E-state index is 13.5. The van der Waals surface area contributed by atoms with Gasteiger partial charge in [-0.2, -0.15) is 5.11 Å². The fourth-order valence-electron chi connectivity index (χ4n) is 2.66. The summed E-state index contributed by atoms with van der Waals surface area (Å²) < 4.78 is 18.6. The summed E-state index contributed by atoms with van der Waals surface area (Å²) in [5, 5.41) is 23.2. The van der Waals surface area contributed by atoms with E-state index < -0.39 is 12.5 Å². The van der Waals surface area contributed by atoms with E-state index in [9.17, 15) is 9.18 Å². The molecule has 1 aromatic heterocycles. The second-order valence-corrected chi connectivity index (χ2v) is 6.29. The van der Waals surface area contributed by atoms with Gasteiger partial charge in [0.1, 0.15) is 5.82 Å².